The summed E-state index contributed by atoms with van der Waals surface area (Å²) < 4.78 is 4.24. The Kier molecular flexibility index (Phi) is 5.72. The first kappa shape index (κ1) is 8.75. The molecule has 0 rings (SSSR count). The van der Waals surface area contributed by atoms with Gasteiger partial charge in [-0.2, -0.15) is 0 Å². The average molecular weight is 197 g/mol. The zero-order chi connectivity index (χ0) is 7.11. The lowest BCUT2D eigenvalue weighted by Gasteiger charge is -1.96. The fourth-order valence-corrected chi connectivity index (χ4v) is 0.753. The molecule has 0 radical (unpaired) electrons. The lowest BCUT2D eigenvalue weighted by Crippen LogP contribution is -2.01. The van der Waals surface area contributed by atoms with Crippen molar-refractivity contribution >= 4 is 22.1 Å². The molecular weight excluding hydrogens is 188 g/mol. The third-order valence-corrected chi connectivity index (χ3v) is 1.31. The smallest absolute Gasteiger partial charge is 0.450 e. The molecule has 0 aromatic rings. The molecular formula is C5H9BrO3. The van der Waals surface area contributed by atoms with Gasteiger partial charge in [0.1, 0.15) is 0 Å². The summed E-state index contributed by atoms with van der Waals surface area (Å²) in [5.41, 5.74) is 0. The van der Waals surface area contributed by atoms with E-state index in [1.807, 2.05) is 0 Å². The molecule has 0 aliphatic heterocycles. The fourth-order valence-electron chi connectivity index (χ4n) is 0.356. The second-order valence-electron chi connectivity index (χ2n) is 1.51. The Bertz CT molecular complexity index is 84.3. The van der Waals surface area contributed by atoms with Crippen molar-refractivity contribution in [3.05, 3.63) is 0 Å². The van der Waals surface area contributed by atoms with Gasteiger partial charge >= 0.3 is 6.16 Å². The van der Waals surface area contributed by atoms with E-state index in [1.165, 1.54) is 0 Å². The van der Waals surface area contributed by atoms with Gasteiger partial charge < -0.3 is 9.84 Å². The number of carbonyl (C=O) groups is 1. The predicted octanol–water partition coefficient (Wildman–Crippen LogP) is 1.86. The highest BCUT2D eigenvalue weighted by Crippen LogP contribution is 1.93. The average Bonchev–Trinajstić information content (AvgIpc) is 1.80. The molecule has 1 N–H and O–H groups in total. The Hall–Kier alpha value is -0.250. The number of unbranched alkanes of at least 4 members (excludes halogenated alkanes) is 1. The van der Waals surface area contributed by atoms with E-state index in [0.717, 1.165) is 18.2 Å². The molecule has 0 saturated heterocycles. The van der Waals surface area contributed by atoms with Crippen LogP contribution in [-0.4, -0.2) is 23.2 Å². The normalized spacial score (nSPS) is 9.00. The van der Waals surface area contributed by atoms with Gasteiger partial charge in [0, 0.05) is 5.33 Å². The summed E-state index contributed by atoms with van der Waals surface area (Å²) >= 11 is 3.21. The van der Waals surface area contributed by atoms with Crippen LogP contribution in [0.5, 0.6) is 0 Å². The van der Waals surface area contributed by atoms with E-state index in [0.29, 0.717) is 6.61 Å². The van der Waals surface area contributed by atoms with Gasteiger partial charge in [-0.05, 0) is 12.8 Å². The largest absolute Gasteiger partial charge is 0.505 e. The second kappa shape index (κ2) is 5.88. The standard InChI is InChI=1S/C5H9BrO3/c6-3-1-2-4-9-5(7)8/h1-4H2,(H,7,8). The molecule has 4 heteroatoms. The van der Waals surface area contributed by atoms with Gasteiger partial charge in [0.25, 0.3) is 0 Å². The van der Waals surface area contributed by atoms with Crippen LogP contribution in [0, 0.1) is 0 Å². The van der Waals surface area contributed by atoms with E-state index in [2.05, 4.69) is 20.7 Å². The van der Waals surface area contributed by atoms with Crippen molar-refractivity contribution in [2.24, 2.45) is 0 Å². The van der Waals surface area contributed by atoms with Crippen LogP contribution in [0.2, 0.25) is 0 Å². The Balaban J connectivity index is 2.83. The predicted molar refractivity (Wildman–Crippen MR) is 37.0 cm³/mol. The lowest BCUT2D eigenvalue weighted by atomic mass is 10.4. The topological polar surface area (TPSA) is 46.5 Å². The molecule has 9 heavy (non-hydrogen) atoms. The number of ether oxygens (including phenoxy) is 1. The van der Waals surface area contributed by atoms with Crippen LogP contribution in [0.3, 0.4) is 0 Å². The minimum absolute atomic E-state index is 0.306. The molecule has 0 unspecified atom stereocenters. The summed E-state index contributed by atoms with van der Waals surface area (Å²) in [7, 11) is 0. The minimum atomic E-state index is -1.19. The third-order valence-electron chi connectivity index (χ3n) is 0.754. The molecule has 0 amide bonds. The van der Waals surface area contributed by atoms with Gasteiger partial charge in [0.2, 0.25) is 0 Å². The molecule has 0 heterocycles. The van der Waals surface area contributed by atoms with E-state index in [9.17, 15) is 4.79 Å². The molecule has 0 aliphatic rings. The van der Waals surface area contributed by atoms with Crippen molar-refractivity contribution in [3.8, 4) is 0 Å². The molecule has 0 aromatic heterocycles. The SMILES string of the molecule is O=C(O)OCCCCBr. The van der Waals surface area contributed by atoms with Crippen molar-refractivity contribution in [3.63, 3.8) is 0 Å². The highest BCUT2D eigenvalue weighted by Gasteiger charge is 1.93. The third kappa shape index (κ3) is 7.75. The number of rotatable bonds is 4. The Morgan fingerprint density at radius 2 is 2.22 bits per heavy atom. The van der Waals surface area contributed by atoms with Crippen molar-refractivity contribution < 1.29 is 14.6 Å². The second-order valence-corrected chi connectivity index (χ2v) is 2.30. The lowest BCUT2D eigenvalue weighted by molar-refractivity contribution is 0.0906. The van der Waals surface area contributed by atoms with E-state index in [-0.39, 0.29) is 0 Å². The molecule has 0 aromatic carbocycles. The molecule has 0 saturated carbocycles. The van der Waals surface area contributed by atoms with Crippen LogP contribution in [0.15, 0.2) is 0 Å². The number of hydrogen-bond donors (Lipinski definition) is 1. The first-order valence-corrected chi connectivity index (χ1v) is 3.81. The van der Waals surface area contributed by atoms with Crippen molar-refractivity contribution in [2.75, 3.05) is 11.9 Å². The number of halogens is 1. The minimum Gasteiger partial charge on any atom is -0.450 e. The maximum atomic E-state index is 9.73. The van der Waals surface area contributed by atoms with Crippen LogP contribution < -0.4 is 0 Å². The number of carboxylic acid groups (broad SMARTS) is 1. The molecule has 0 bridgehead atoms. The summed E-state index contributed by atoms with van der Waals surface area (Å²) in [4.78, 5) is 9.73. The summed E-state index contributed by atoms with van der Waals surface area (Å²) in [5, 5.41) is 8.88. The molecule has 54 valence electrons. The van der Waals surface area contributed by atoms with Crippen molar-refractivity contribution in [2.45, 2.75) is 12.8 Å². The Morgan fingerprint density at radius 1 is 1.56 bits per heavy atom. The summed E-state index contributed by atoms with van der Waals surface area (Å²) in [6.07, 6.45) is 0.551. The van der Waals surface area contributed by atoms with Crippen LogP contribution in [-0.2, 0) is 4.74 Å². The summed E-state index contributed by atoms with van der Waals surface area (Å²) in [6, 6.07) is 0. The van der Waals surface area contributed by atoms with Crippen LogP contribution in [0.1, 0.15) is 12.8 Å². The van der Waals surface area contributed by atoms with Crippen LogP contribution in [0.4, 0.5) is 4.79 Å². The van der Waals surface area contributed by atoms with E-state index >= 15 is 0 Å². The zero-order valence-electron chi connectivity index (χ0n) is 4.97. The van der Waals surface area contributed by atoms with Gasteiger partial charge in [-0.25, -0.2) is 4.79 Å². The summed E-state index contributed by atoms with van der Waals surface area (Å²) in [5.74, 6) is 0. The van der Waals surface area contributed by atoms with Gasteiger partial charge in [-0.3, -0.25) is 0 Å². The monoisotopic (exact) mass is 196 g/mol. The van der Waals surface area contributed by atoms with E-state index in [4.69, 9.17) is 5.11 Å². The van der Waals surface area contributed by atoms with E-state index < -0.39 is 6.16 Å². The van der Waals surface area contributed by atoms with E-state index in [1.54, 1.807) is 0 Å². The highest BCUT2D eigenvalue weighted by atomic mass is 79.9. The molecule has 0 atom stereocenters. The van der Waals surface area contributed by atoms with Gasteiger partial charge in [0.15, 0.2) is 0 Å². The Labute approximate surface area is 62.1 Å². The van der Waals surface area contributed by atoms with Crippen molar-refractivity contribution in [1.82, 2.24) is 0 Å². The molecule has 0 spiro atoms. The number of alkyl halides is 1. The maximum absolute atomic E-state index is 9.73. The van der Waals surface area contributed by atoms with Gasteiger partial charge in [-0.1, -0.05) is 15.9 Å². The first-order valence-electron chi connectivity index (χ1n) is 2.69. The van der Waals surface area contributed by atoms with Gasteiger partial charge in [0.05, 0.1) is 6.61 Å². The maximum Gasteiger partial charge on any atom is 0.505 e. The quantitative estimate of drug-likeness (QED) is 0.425. The van der Waals surface area contributed by atoms with Crippen LogP contribution >= 0.6 is 15.9 Å². The molecule has 0 fully saturated rings. The zero-order valence-corrected chi connectivity index (χ0v) is 6.56. The first-order chi connectivity index (χ1) is 4.27. The van der Waals surface area contributed by atoms with Gasteiger partial charge in [-0.15, -0.1) is 0 Å². The molecule has 0 aliphatic carbocycles. The number of hydrogen-bond acceptors (Lipinski definition) is 2. The highest BCUT2D eigenvalue weighted by molar-refractivity contribution is 9.09. The van der Waals surface area contributed by atoms with Crippen molar-refractivity contribution in [1.29, 1.82) is 0 Å². The molecule has 3 nitrogen and oxygen atoms in total. The summed E-state index contributed by atoms with van der Waals surface area (Å²) in [6.45, 7) is 0.306. The van der Waals surface area contributed by atoms with Crippen LogP contribution in [0.25, 0.3) is 0 Å². The Morgan fingerprint density at radius 3 is 2.67 bits per heavy atom. The fraction of sp³-hybridized carbons (Fsp3) is 0.800.